The first-order chi connectivity index (χ1) is 9.15. The van der Waals surface area contributed by atoms with E-state index in [0.717, 1.165) is 25.1 Å². The number of halogens is 1. The van der Waals surface area contributed by atoms with Crippen molar-refractivity contribution >= 4 is 23.6 Å². The van der Waals surface area contributed by atoms with Gasteiger partial charge in [-0.15, -0.1) is 0 Å². The second-order valence-electron chi connectivity index (χ2n) is 5.13. The fraction of sp³-hybridized carbons (Fsp3) is 0.533. The molecule has 104 valence electrons. The van der Waals surface area contributed by atoms with Crippen LogP contribution in [0.25, 0.3) is 0 Å². The summed E-state index contributed by atoms with van der Waals surface area (Å²) < 4.78 is 0. The molecule has 1 aliphatic rings. The Kier molecular flexibility index (Phi) is 4.83. The number of nitrogens with zero attached hydrogens (tertiary/aromatic N) is 2. The molecule has 0 N–H and O–H groups in total. The van der Waals surface area contributed by atoms with Crippen molar-refractivity contribution < 1.29 is 4.79 Å². The van der Waals surface area contributed by atoms with Gasteiger partial charge in [0.2, 0.25) is 0 Å². The quantitative estimate of drug-likeness (QED) is 0.775. The van der Waals surface area contributed by atoms with Gasteiger partial charge >= 0.3 is 0 Å². The maximum absolute atomic E-state index is 11.1. The highest BCUT2D eigenvalue weighted by atomic mass is 35.5. The molecule has 0 amide bonds. The lowest BCUT2D eigenvalue weighted by Crippen LogP contribution is -2.39. The normalized spacial score (nSPS) is 19.6. The van der Waals surface area contributed by atoms with Gasteiger partial charge in [0.15, 0.2) is 6.29 Å². The third-order valence-electron chi connectivity index (χ3n) is 3.92. The molecule has 1 fully saturated rings. The molecule has 0 spiro atoms. The zero-order valence-corrected chi connectivity index (χ0v) is 12.4. The second-order valence-corrected chi connectivity index (χ2v) is 5.56. The SMILES string of the molecule is CCN1CCCC1CN(C)c1ccc(Cl)cc1C=O. The summed E-state index contributed by atoms with van der Waals surface area (Å²) in [7, 11) is 2.04. The highest BCUT2D eigenvalue weighted by molar-refractivity contribution is 6.31. The summed E-state index contributed by atoms with van der Waals surface area (Å²) in [6.45, 7) is 5.45. The Morgan fingerprint density at radius 2 is 2.32 bits per heavy atom. The molecule has 0 aromatic heterocycles. The highest BCUT2D eigenvalue weighted by Crippen LogP contribution is 2.24. The third kappa shape index (κ3) is 3.28. The molecular weight excluding hydrogens is 260 g/mol. The number of hydrogen-bond acceptors (Lipinski definition) is 3. The average Bonchev–Trinajstić information content (AvgIpc) is 2.85. The van der Waals surface area contributed by atoms with Crippen molar-refractivity contribution in [2.45, 2.75) is 25.8 Å². The van der Waals surface area contributed by atoms with E-state index in [9.17, 15) is 4.79 Å². The predicted molar refractivity (Wildman–Crippen MR) is 80.4 cm³/mol. The Hall–Kier alpha value is -1.06. The molecule has 0 aliphatic carbocycles. The Morgan fingerprint density at radius 3 is 3.00 bits per heavy atom. The van der Waals surface area contributed by atoms with Crippen LogP contribution in [-0.4, -0.2) is 43.9 Å². The Balaban J connectivity index is 2.11. The van der Waals surface area contributed by atoms with Crippen LogP contribution in [0.3, 0.4) is 0 Å². The van der Waals surface area contributed by atoms with Gasteiger partial charge < -0.3 is 4.90 Å². The van der Waals surface area contributed by atoms with Gasteiger partial charge in [-0.2, -0.15) is 0 Å². The number of likely N-dealkylation sites (tertiary alicyclic amines) is 1. The first-order valence-electron chi connectivity index (χ1n) is 6.85. The molecule has 3 nitrogen and oxygen atoms in total. The first kappa shape index (κ1) is 14.4. The van der Waals surface area contributed by atoms with E-state index >= 15 is 0 Å². The van der Waals surface area contributed by atoms with E-state index in [0.29, 0.717) is 16.6 Å². The van der Waals surface area contributed by atoms with E-state index in [-0.39, 0.29) is 0 Å². The van der Waals surface area contributed by atoms with E-state index in [1.165, 1.54) is 19.4 Å². The van der Waals surface area contributed by atoms with Crippen LogP contribution in [0.4, 0.5) is 5.69 Å². The number of aldehydes is 1. The van der Waals surface area contributed by atoms with E-state index in [1.54, 1.807) is 6.07 Å². The second kappa shape index (κ2) is 6.40. The van der Waals surface area contributed by atoms with Gasteiger partial charge in [-0.3, -0.25) is 9.69 Å². The van der Waals surface area contributed by atoms with Crippen LogP contribution in [0.1, 0.15) is 30.1 Å². The fourth-order valence-corrected chi connectivity index (χ4v) is 3.08. The number of likely N-dealkylation sites (N-methyl/N-ethyl adjacent to an activating group) is 2. The minimum atomic E-state index is 0.588. The summed E-state index contributed by atoms with van der Waals surface area (Å²) in [4.78, 5) is 15.8. The first-order valence-corrected chi connectivity index (χ1v) is 7.23. The molecule has 1 saturated heterocycles. The van der Waals surface area contributed by atoms with E-state index in [2.05, 4.69) is 16.7 Å². The van der Waals surface area contributed by atoms with Crippen molar-refractivity contribution in [1.82, 2.24) is 4.90 Å². The maximum Gasteiger partial charge on any atom is 0.152 e. The average molecular weight is 281 g/mol. The Morgan fingerprint density at radius 1 is 1.53 bits per heavy atom. The zero-order chi connectivity index (χ0) is 13.8. The van der Waals surface area contributed by atoms with Crippen LogP contribution in [-0.2, 0) is 0 Å². The van der Waals surface area contributed by atoms with Gasteiger partial charge in [0, 0.05) is 35.9 Å². The van der Waals surface area contributed by atoms with Crippen LogP contribution >= 0.6 is 11.6 Å². The summed E-state index contributed by atoms with van der Waals surface area (Å²) in [5, 5.41) is 0.607. The van der Waals surface area contributed by atoms with Crippen molar-refractivity contribution in [3.05, 3.63) is 28.8 Å². The molecule has 0 radical (unpaired) electrons. The number of hydrogen-bond donors (Lipinski definition) is 0. The number of carbonyl (C=O) groups excluding carboxylic acids is 1. The number of anilines is 1. The standard InChI is InChI=1S/C15H21ClN2O/c1-3-18-8-4-5-14(18)10-17(2)15-7-6-13(16)9-12(15)11-19/h6-7,9,11,14H,3-5,8,10H2,1-2H3. The Labute approximate surface area is 120 Å². The zero-order valence-electron chi connectivity index (χ0n) is 11.6. The molecule has 1 unspecified atom stereocenters. The van der Waals surface area contributed by atoms with Gasteiger partial charge in [0.25, 0.3) is 0 Å². The summed E-state index contributed by atoms with van der Waals surface area (Å²) in [6, 6.07) is 6.08. The number of benzene rings is 1. The van der Waals surface area contributed by atoms with Crippen molar-refractivity contribution in [2.75, 3.05) is 31.6 Å². The van der Waals surface area contributed by atoms with E-state index in [4.69, 9.17) is 11.6 Å². The minimum absolute atomic E-state index is 0.588. The summed E-state index contributed by atoms with van der Waals surface area (Å²) in [6.07, 6.45) is 3.39. The van der Waals surface area contributed by atoms with Gasteiger partial charge in [0.1, 0.15) is 0 Å². The number of carbonyl (C=O) groups is 1. The van der Waals surface area contributed by atoms with Crippen LogP contribution in [0.5, 0.6) is 0 Å². The summed E-state index contributed by atoms with van der Waals surface area (Å²) >= 11 is 5.93. The molecular formula is C15H21ClN2O. The molecule has 1 aromatic carbocycles. The topological polar surface area (TPSA) is 23.6 Å². The third-order valence-corrected chi connectivity index (χ3v) is 4.15. The minimum Gasteiger partial charge on any atom is -0.372 e. The number of rotatable bonds is 5. The largest absolute Gasteiger partial charge is 0.372 e. The van der Waals surface area contributed by atoms with Crippen molar-refractivity contribution in [1.29, 1.82) is 0 Å². The van der Waals surface area contributed by atoms with E-state index in [1.807, 2.05) is 19.2 Å². The lowest BCUT2D eigenvalue weighted by molar-refractivity contribution is 0.112. The molecule has 1 atom stereocenters. The molecule has 2 rings (SSSR count). The lowest BCUT2D eigenvalue weighted by Gasteiger charge is -2.29. The summed E-state index contributed by atoms with van der Waals surface area (Å²) in [5.41, 5.74) is 1.62. The predicted octanol–water partition coefficient (Wildman–Crippen LogP) is 3.07. The maximum atomic E-state index is 11.1. The van der Waals surface area contributed by atoms with Gasteiger partial charge in [0.05, 0.1) is 0 Å². The van der Waals surface area contributed by atoms with Crippen molar-refractivity contribution in [3.63, 3.8) is 0 Å². The van der Waals surface area contributed by atoms with Crippen molar-refractivity contribution in [3.8, 4) is 0 Å². The fourth-order valence-electron chi connectivity index (χ4n) is 2.90. The van der Waals surface area contributed by atoms with Crippen LogP contribution in [0, 0.1) is 0 Å². The van der Waals surface area contributed by atoms with Crippen molar-refractivity contribution in [2.24, 2.45) is 0 Å². The molecule has 0 saturated carbocycles. The van der Waals surface area contributed by atoms with Gasteiger partial charge in [-0.25, -0.2) is 0 Å². The molecule has 1 aromatic rings. The summed E-state index contributed by atoms with van der Waals surface area (Å²) in [5.74, 6) is 0. The molecule has 1 aliphatic heterocycles. The molecule has 1 heterocycles. The van der Waals surface area contributed by atoms with E-state index < -0.39 is 0 Å². The van der Waals surface area contributed by atoms with Gasteiger partial charge in [-0.1, -0.05) is 18.5 Å². The Bertz CT molecular complexity index is 450. The smallest absolute Gasteiger partial charge is 0.152 e. The monoisotopic (exact) mass is 280 g/mol. The molecule has 19 heavy (non-hydrogen) atoms. The molecule has 4 heteroatoms. The van der Waals surface area contributed by atoms with Gasteiger partial charge in [-0.05, 0) is 44.1 Å². The lowest BCUT2D eigenvalue weighted by atomic mass is 10.1. The van der Waals surface area contributed by atoms with Crippen LogP contribution in [0.15, 0.2) is 18.2 Å². The molecule has 0 bridgehead atoms. The highest BCUT2D eigenvalue weighted by Gasteiger charge is 2.24. The van der Waals surface area contributed by atoms with Crippen LogP contribution < -0.4 is 4.90 Å². The van der Waals surface area contributed by atoms with Crippen LogP contribution in [0.2, 0.25) is 5.02 Å².